The fourth-order valence-corrected chi connectivity index (χ4v) is 9.61. The van der Waals surface area contributed by atoms with Crippen molar-refractivity contribution in [1.82, 2.24) is 5.32 Å². The molecule has 0 aliphatic rings. The summed E-state index contributed by atoms with van der Waals surface area (Å²) in [4.78, 5) is 24.5. The van der Waals surface area contributed by atoms with Crippen LogP contribution in [-0.4, -0.2) is 47.4 Å². The van der Waals surface area contributed by atoms with Crippen molar-refractivity contribution in [1.29, 1.82) is 0 Å². The van der Waals surface area contributed by atoms with Crippen molar-refractivity contribution < 1.29 is 24.5 Å². The van der Waals surface area contributed by atoms with Crippen LogP contribution in [0.5, 0.6) is 0 Å². The quantitative estimate of drug-likeness (QED) is 0.0321. The Labute approximate surface area is 436 Å². The molecule has 2 unspecified atom stereocenters. The highest BCUT2D eigenvalue weighted by molar-refractivity contribution is 5.76. The standard InChI is InChI=1S/C64H121NO5/c1-3-5-7-9-11-13-15-16-30-33-37-40-44-48-52-56-62(67)61(60-66)65-63(68)57-53-49-45-41-38-34-31-28-26-24-22-20-18-17-19-21-23-25-27-29-32-35-39-43-47-51-55-59-70-64(69)58-54-50-46-42-36-14-12-10-8-6-4-2/h17-18,21,23,52,56,61-62,66-67H,3-16,19-20,22,24-51,53-55,57-60H2,1-2H3,(H,65,68)/b18-17-,23-21-,56-52+. The third-order valence-electron chi connectivity index (χ3n) is 14.4. The van der Waals surface area contributed by atoms with Crippen molar-refractivity contribution in [2.24, 2.45) is 0 Å². The van der Waals surface area contributed by atoms with Gasteiger partial charge >= 0.3 is 5.97 Å². The second-order valence-electron chi connectivity index (χ2n) is 21.4. The maximum absolute atomic E-state index is 12.5. The van der Waals surface area contributed by atoms with E-state index < -0.39 is 12.1 Å². The predicted molar refractivity (Wildman–Crippen MR) is 306 cm³/mol. The number of nitrogens with one attached hydrogen (secondary N) is 1. The molecule has 2 atom stereocenters. The van der Waals surface area contributed by atoms with Crippen molar-refractivity contribution in [2.75, 3.05) is 13.2 Å². The van der Waals surface area contributed by atoms with Gasteiger partial charge in [0.05, 0.1) is 25.4 Å². The Morgan fingerprint density at radius 3 is 1.09 bits per heavy atom. The van der Waals surface area contributed by atoms with Gasteiger partial charge in [0, 0.05) is 12.8 Å². The lowest BCUT2D eigenvalue weighted by Crippen LogP contribution is -2.45. The average molecular weight is 985 g/mol. The molecule has 0 aliphatic heterocycles. The number of rotatable bonds is 58. The molecule has 70 heavy (non-hydrogen) atoms. The number of unbranched alkanes of at least 4 members (excludes halogenated alkanes) is 43. The van der Waals surface area contributed by atoms with Crippen LogP contribution in [-0.2, 0) is 14.3 Å². The van der Waals surface area contributed by atoms with E-state index in [-0.39, 0.29) is 18.5 Å². The molecule has 0 bridgehead atoms. The molecule has 0 aliphatic carbocycles. The van der Waals surface area contributed by atoms with Crippen molar-refractivity contribution in [3.05, 3.63) is 36.5 Å². The molecule has 0 saturated carbocycles. The third kappa shape index (κ3) is 55.4. The molecule has 0 aromatic heterocycles. The minimum Gasteiger partial charge on any atom is -0.466 e. The number of aliphatic hydroxyl groups is 2. The Bertz CT molecular complexity index is 1130. The number of hydrogen-bond acceptors (Lipinski definition) is 5. The largest absolute Gasteiger partial charge is 0.466 e. The lowest BCUT2D eigenvalue weighted by atomic mass is 10.0. The molecule has 0 saturated heterocycles. The molecule has 6 nitrogen and oxygen atoms in total. The van der Waals surface area contributed by atoms with Gasteiger partial charge in [-0.05, 0) is 64.2 Å². The first-order valence-electron chi connectivity index (χ1n) is 31.3. The zero-order valence-electron chi connectivity index (χ0n) is 47.0. The first-order chi connectivity index (χ1) is 34.5. The number of carbonyl (C=O) groups is 2. The molecular weight excluding hydrogens is 863 g/mol. The van der Waals surface area contributed by atoms with Crippen LogP contribution in [0.1, 0.15) is 335 Å². The Kier molecular flexibility index (Phi) is 58.0. The summed E-state index contributed by atoms with van der Waals surface area (Å²) in [6.45, 7) is 4.91. The fraction of sp³-hybridized carbons (Fsp3) is 0.875. The number of allylic oxidation sites excluding steroid dienone is 5. The van der Waals surface area contributed by atoms with Crippen LogP contribution < -0.4 is 5.32 Å². The van der Waals surface area contributed by atoms with Gasteiger partial charge < -0.3 is 20.3 Å². The van der Waals surface area contributed by atoms with Gasteiger partial charge in [0.2, 0.25) is 5.91 Å². The maximum atomic E-state index is 12.5. The van der Waals surface area contributed by atoms with Gasteiger partial charge in [-0.2, -0.15) is 0 Å². The molecule has 0 heterocycles. The molecule has 1 amide bonds. The van der Waals surface area contributed by atoms with Gasteiger partial charge in [0.25, 0.3) is 0 Å². The molecule has 412 valence electrons. The van der Waals surface area contributed by atoms with Crippen molar-refractivity contribution in [2.45, 2.75) is 347 Å². The number of ether oxygens (including phenoxy) is 1. The summed E-state index contributed by atoms with van der Waals surface area (Å²) in [6, 6.07) is -0.630. The zero-order valence-corrected chi connectivity index (χ0v) is 47.0. The van der Waals surface area contributed by atoms with Crippen LogP contribution in [0.4, 0.5) is 0 Å². The molecule has 0 aromatic carbocycles. The summed E-state index contributed by atoms with van der Waals surface area (Å²) in [7, 11) is 0. The van der Waals surface area contributed by atoms with Crippen LogP contribution >= 0.6 is 0 Å². The molecule has 3 N–H and O–H groups in total. The minimum atomic E-state index is -0.846. The maximum Gasteiger partial charge on any atom is 0.305 e. The Morgan fingerprint density at radius 1 is 0.400 bits per heavy atom. The highest BCUT2D eigenvalue weighted by Crippen LogP contribution is 2.17. The molecule has 6 heteroatoms. The summed E-state index contributed by atoms with van der Waals surface area (Å²) >= 11 is 0. The highest BCUT2D eigenvalue weighted by atomic mass is 16.5. The van der Waals surface area contributed by atoms with E-state index in [4.69, 9.17) is 4.74 Å². The first kappa shape index (κ1) is 68.1. The second-order valence-corrected chi connectivity index (χ2v) is 21.4. The van der Waals surface area contributed by atoms with Crippen molar-refractivity contribution in [3.63, 3.8) is 0 Å². The number of carbonyl (C=O) groups excluding carboxylic acids is 2. The number of aliphatic hydroxyl groups excluding tert-OH is 2. The summed E-state index contributed by atoms with van der Waals surface area (Å²) in [5.74, 6) is -0.0601. The van der Waals surface area contributed by atoms with E-state index in [1.54, 1.807) is 6.08 Å². The summed E-state index contributed by atoms with van der Waals surface area (Å²) < 4.78 is 5.46. The van der Waals surface area contributed by atoms with Crippen molar-refractivity contribution in [3.8, 4) is 0 Å². The van der Waals surface area contributed by atoms with Gasteiger partial charge in [0.15, 0.2) is 0 Å². The Balaban J connectivity index is 3.44. The van der Waals surface area contributed by atoms with E-state index in [2.05, 4.69) is 43.5 Å². The molecular formula is C64H121NO5. The van der Waals surface area contributed by atoms with Gasteiger partial charge in [-0.1, -0.05) is 294 Å². The predicted octanol–water partition coefficient (Wildman–Crippen LogP) is 19.6. The lowest BCUT2D eigenvalue weighted by Gasteiger charge is -2.20. The molecule has 0 fully saturated rings. The summed E-state index contributed by atoms with van der Waals surface area (Å²) in [5.41, 5.74) is 0. The first-order valence-corrected chi connectivity index (χ1v) is 31.3. The third-order valence-corrected chi connectivity index (χ3v) is 14.4. The molecule has 0 rings (SSSR count). The van der Waals surface area contributed by atoms with E-state index >= 15 is 0 Å². The lowest BCUT2D eigenvalue weighted by molar-refractivity contribution is -0.143. The zero-order chi connectivity index (χ0) is 50.7. The van der Waals surface area contributed by atoms with Crippen LogP contribution in [0, 0.1) is 0 Å². The van der Waals surface area contributed by atoms with Gasteiger partial charge in [0.1, 0.15) is 0 Å². The SMILES string of the molecule is CCCCCCCCCCCCCCC/C=C/C(O)C(CO)NC(=O)CCCCCCCCCCCCC/C=C\C/C=C\CCCCCCCCCCCOC(=O)CCCCCCCCCCCCC. The second kappa shape index (κ2) is 59.6. The summed E-state index contributed by atoms with van der Waals surface area (Å²) in [6.07, 6.45) is 74.7. The van der Waals surface area contributed by atoms with E-state index in [1.807, 2.05) is 6.08 Å². The Hall–Kier alpha value is -1.92. The monoisotopic (exact) mass is 984 g/mol. The van der Waals surface area contributed by atoms with Gasteiger partial charge in [-0.25, -0.2) is 0 Å². The van der Waals surface area contributed by atoms with Crippen LogP contribution in [0.3, 0.4) is 0 Å². The van der Waals surface area contributed by atoms with Crippen molar-refractivity contribution >= 4 is 11.9 Å². The average Bonchev–Trinajstić information content (AvgIpc) is 3.36. The van der Waals surface area contributed by atoms with Gasteiger partial charge in [-0.3, -0.25) is 9.59 Å². The van der Waals surface area contributed by atoms with E-state index in [0.29, 0.717) is 19.4 Å². The smallest absolute Gasteiger partial charge is 0.305 e. The van der Waals surface area contributed by atoms with Crippen LogP contribution in [0.15, 0.2) is 36.5 Å². The van der Waals surface area contributed by atoms with E-state index in [9.17, 15) is 19.8 Å². The van der Waals surface area contributed by atoms with Crippen LogP contribution in [0.2, 0.25) is 0 Å². The number of hydrogen-bond donors (Lipinski definition) is 3. The topological polar surface area (TPSA) is 95.9 Å². The highest BCUT2D eigenvalue weighted by Gasteiger charge is 2.18. The van der Waals surface area contributed by atoms with Gasteiger partial charge in [-0.15, -0.1) is 0 Å². The normalized spacial score (nSPS) is 12.8. The number of esters is 1. The van der Waals surface area contributed by atoms with E-state index in [1.165, 1.54) is 263 Å². The molecule has 0 spiro atoms. The fourth-order valence-electron chi connectivity index (χ4n) is 9.61. The number of amides is 1. The summed E-state index contributed by atoms with van der Waals surface area (Å²) in [5, 5.41) is 23.1. The molecule has 0 radical (unpaired) electrons. The van der Waals surface area contributed by atoms with E-state index in [0.717, 1.165) is 44.9 Å². The molecule has 0 aromatic rings. The van der Waals surface area contributed by atoms with Crippen LogP contribution in [0.25, 0.3) is 0 Å². The Morgan fingerprint density at radius 2 is 0.714 bits per heavy atom. The minimum absolute atomic E-state index is 0.00986.